The van der Waals surface area contributed by atoms with Crippen molar-refractivity contribution in [2.75, 3.05) is 0 Å². The van der Waals surface area contributed by atoms with Crippen LogP contribution in [0.5, 0.6) is 0 Å². The molecule has 0 radical (unpaired) electrons. The quantitative estimate of drug-likeness (QED) is 0.716. The van der Waals surface area contributed by atoms with Crippen molar-refractivity contribution < 1.29 is 0 Å². The minimum absolute atomic E-state index is 0.200. The first-order valence-electron chi connectivity index (χ1n) is 5.45. The predicted octanol–water partition coefficient (Wildman–Crippen LogP) is 2.98. The molecule has 1 heteroatoms. The Bertz CT molecular complexity index is 332. The first kappa shape index (κ1) is 9.72. The second-order valence-corrected chi connectivity index (χ2v) is 4.79. The van der Waals surface area contributed by atoms with E-state index in [4.69, 9.17) is 0 Å². The molecule has 0 aromatic heterocycles. The fraction of sp³-hybridized carbons (Fsp3) is 0.538. The Kier molecular flexibility index (Phi) is 2.36. The van der Waals surface area contributed by atoms with Gasteiger partial charge in [0.25, 0.3) is 0 Å². The van der Waals surface area contributed by atoms with Gasteiger partial charge in [-0.1, -0.05) is 29.8 Å². The average Bonchev–Trinajstić information content (AvgIpc) is 2.48. The molecule has 2 atom stereocenters. The van der Waals surface area contributed by atoms with E-state index in [0.717, 1.165) is 0 Å². The van der Waals surface area contributed by atoms with Crippen LogP contribution in [0.3, 0.4) is 0 Å². The molecule has 2 unspecified atom stereocenters. The summed E-state index contributed by atoms with van der Waals surface area (Å²) in [5.74, 6) is 0. The Hall–Kier alpha value is -0.820. The molecule has 1 aliphatic heterocycles. The van der Waals surface area contributed by atoms with Gasteiger partial charge in [0.2, 0.25) is 0 Å². The molecular formula is C13H19N. The summed E-state index contributed by atoms with van der Waals surface area (Å²) in [7, 11) is 0. The summed E-state index contributed by atoms with van der Waals surface area (Å²) in [6.07, 6.45) is 2.53. The first-order chi connectivity index (χ1) is 6.60. The van der Waals surface area contributed by atoms with Gasteiger partial charge in [0.15, 0.2) is 0 Å². The van der Waals surface area contributed by atoms with E-state index in [0.29, 0.717) is 6.04 Å². The van der Waals surface area contributed by atoms with Gasteiger partial charge >= 0.3 is 0 Å². The van der Waals surface area contributed by atoms with Gasteiger partial charge in [-0.2, -0.15) is 0 Å². The zero-order chi connectivity index (χ0) is 10.2. The molecule has 1 heterocycles. The fourth-order valence-corrected chi connectivity index (χ4v) is 2.41. The lowest BCUT2D eigenvalue weighted by Gasteiger charge is -2.26. The van der Waals surface area contributed by atoms with Crippen LogP contribution in [0.2, 0.25) is 0 Å². The van der Waals surface area contributed by atoms with Crippen LogP contribution in [0.4, 0.5) is 0 Å². The first-order valence-corrected chi connectivity index (χ1v) is 5.45. The van der Waals surface area contributed by atoms with Crippen molar-refractivity contribution >= 4 is 0 Å². The number of nitrogens with one attached hydrogen (secondary N) is 1. The van der Waals surface area contributed by atoms with Crippen molar-refractivity contribution in [3.63, 3.8) is 0 Å². The van der Waals surface area contributed by atoms with Gasteiger partial charge in [0, 0.05) is 11.6 Å². The van der Waals surface area contributed by atoms with E-state index >= 15 is 0 Å². The highest BCUT2D eigenvalue weighted by atomic mass is 15.0. The van der Waals surface area contributed by atoms with Gasteiger partial charge in [-0.15, -0.1) is 0 Å². The van der Waals surface area contributed by atoms with Crippen LogP contribution >= 0.6 is 0 Å². The largest absolute Gasteiger partial charge is 0.305 e. The van der Waals surface area contributed by atoms with Gasteiger partial charge in [-0.05, 0) is 39.2 Å². The van der Waals surface area contributed by atoms with E-state index in [2.05, 4.69) is 50.4 Å². The minimum atomic E-state index is 0.200. The molecule has 1 N–H and O–H groups in total. The predicted molar refractivity (Wildman–Crippen MR) is 60.4 cm³/mol. The van der Waals surface area contributed by atoms with Crippen LogP contribution in [0.1, 0.15) is 37.8 Å². The van der Waals surface area contributed by atoms with Crippen LogP contribution < -0.4 is 5.32 Å². The Morgan fingerprint density at radius 3 is 2.79 bits per heavy atom. The summed E-state index contributed by atoms with van der Waals surface area (Å²) in [5.41, 5.74) is 2.98. The molecule has 1 fully saturated rings. The van der Waals surface area contributed by atoms with Crippen LogP contribution in [0, 0.1) is 6.92 Å². The summed E-state index contributed by atoms with van der Waals surface area (Å²) in [6, 6.07) is 9.50. The third-order valence-corrected chi connectivity index (χ3v) is 3.30. The molecule has 1 aliphatic rings. The highest BCUT2D eigenvalue weighted by Crippen LogP contribution is 2.33. The Morgan fingerprint density at radius 1 is 1.43 bits per heavy atom. The third-order valence-electron chi connectivity index (χ3n) is 3.30. The molecular weight excluding hydrogens is 170 g/mol. The van der Waals surface area contributed by atoms with Crippen molar-refractivity contribution in [1.82, 2.24) is 5.32 Å². The lowest BCUT2D eigenvalue weighted by atomic mass is 9.90. The zero-order valence-electron chi connectivity index (χ0n) is 9.30. The van der Waals surface area contributed by atoms with E-state index in [1.165, 1.54) is 24.0 Å². The van der Waals surface area contributed by atoms with Crippen LogP contribution in [-0.4, -0.2) is 6.04 Å². The summed E-state index contributed by atoms with van der Waals surface area (Å²) in [4.78, 5) is 0. The number of rotatable bonds is 1. The summed E-state index contributed by atoms with van der Waals surface area (Å²) in [5, 5.41) is 3.67. The molecule has 0 bridgehead atoms. The van der Waals surface area contributed by atoms with Crippen molar-refractivity contribution in [1.29, 1.82) is 0 Å². The number of benzene rings is 1. The van der Waals surface area contributed by atoms with E-state index in [-0.39, 0.29) is 5.54 Å². The topological polar surface area (TPSA) is 12.0 Å². The van der Waals surface area contributed by atoms with Crippen LogP contribution in [0.15, 0.2) is 24.3 Å². The fourth-order valence-electron chi connectivity index (χ4n) is 2.41. The number of hydrogen-bond donors (Lipinski definition) is 1. The van der Waals surface area contributed by atoms with E-state index < -0.39 is 0 Å². The monoisotopic (exact) mass is 189 g/mol. The number of hydrogen-bond acceptors (Lipinski definition) is 1. The molecule has 14 heavy (non-hydrogen) atoms. The molecule has 1 aromatic carbocycles. The van der Waals surface area contributed by atoms with E-state index in [1.54, 1.807) is 0 Å². The Balaban J connectivity index is 2.30. The molecule has 1 nitrogen and oxygen atoms in total. The lowest BCUT2D eigenvalue weighted by Crippen LogP contribution is -2.36. The Morgan fingerprint density at radius 2 is 2.21 bits per heavy atom. The highest BCUT2D eigenvalue weighted by molar-refractivity contribution is 5.29. The maximum atomic E-state index is 3.67. The number of aryl methyl sites for hydroxylation is 1. The normalized spacial score (nSPS) is 32.1. The average molecular weight is 189 g/mol. The second-order valence-electron chi connectivity index (χ2n) is 4.79. The minimum Gasteiger partial charge on any atom is -0.305 e. The smallest absolute Gasteiger partial charge is 0.0408 e. The lowest BCUT2D eigenvalue weighted by molar-refractivity contribution is 0.413. The molecule has 1 saturated heterocycles. The standard InChI is InChI=1S/C13H19N/c1-10-5-4-6-12(9-10)13(3)8-7-11(2)14-13/h4-6,9,11,14H,7-8H2,1-3H3. The van der Waals surface area contributed by atoms with E-state index in [1.807, 2.05) is 0 Å². The molecule has 0 amide bonds. The molecule has 76 valence electrons. The van der Waals surface area contributed by atoms with Gasteiger partial charge in [-0.3, -0.25) is 0 Å². The molecule has 0 aliphatic carbocycles. The van der Waals surface area contributed by atoms with Gasteiger partial charge in [0.05, 0.1) is 0 Å². The maximum absolute atomic E-state index is 3.67. The van der Waals surface area contributed by atoms with Gasteiger partial charge in [0.1, 0.15) is 0 Å². The summed E-state index contributed by atoms with van der Waals surface area (Å²) >= 11 is 0. The van der Waals surface area contributed by atoms with Crippen molar-refractivity contribution in [2.24, 2.45) is 0 Å². The van der Waals surface area contributed by atoms with Gasteiger partial charge in [-0.25, -0.2) is 0 Å². The molecule has 2 rings (SSSR count). The highest BCUT2D eigenvalue weighted by Gasteiger charge is 2.33. The second kappa shape index (κ2) is 3.39. The maximum Gasteiger partial charge on any atom is 0.0408 e. The SMILES string of the molecule is Cc1cccc(C2(C)CCC(C)N2)c1. The van der Waals surface area contributed by atoms with Crippen molar-refractivity contribution in [3.8, 4) is 0 Å². The molecule has 0 spiro atoms. The Labute approximate surface area is 86.5 Å². The van der Waals surface area contributed by atoms with Crippen molar-refractivity contribution in [3.05, 3.63) is 35.4 Å². The molecule has 0 saturated carbocycles. The summed E-state index contributed by atoms with van der Waals surface area (Å²) in [6.45, 7) is 6.73. The van der Waals surface area contributed by atoms with Gasteiger partial charge < -0.3 is 5.32 Å². The van der Waals surface area contributed by atoms with Crippen molar-refractivity contribution in [2.45, 2.75) is 45.2 Å². The summed E-state index contributed by atoms with van der Waals surface area (Å²) < 4.78 is 0. The third kappa shape index (κ3) is 1.69. The van der Waals surface area contributed by atoms with Crippen LogP contribution in [-0.2, 0) is 5.54 Å². The zero-order valence-corrected chi connectivity index (χ0v) is 9.30. The van der Waals surface area contributed by atoms with Crippen LogP contribution in [0.25, 0.3) is 0 Å². The molecule has 1 aromatic rings. The van der Waals surface area contributed by atoms with E-state index in [9.17, 15) is 0 Å².